The largest absolute Gasteiger partial charge is 0.161 e. The van der Waals surface area contributed by atoms with Crippen LogP contribution >= 0.6 is 11.8 Å². The van der Waals surface area contributed by atoms with Crippen LogP contribution in [0, 0.1) is 0 Å². The lowest BCUT2D eigenvalue weighted by molar-refractivity contribution is 0.747. The topological polar surface area (TPSA) is 0 Å². The Morgan fingerprint density at radius 1 is 0.590 bits per heavy atom. The molecule has 3 aliphatic carbocycles. The third kappa shape index (κ3) is 6.60. The van der Waals surface area contributed by atoms with Gasteiger partial charge in [0.2, 0.25) is 0 Å². The third-order valence-corrected chi connectivity index (χ3v) is 13.7. The second-order valence-electron chi connectivity index (χ2n) is 10.1. The molecule has 39 heavy (non-hydrogen) atoms. The molecule has 0 aliphatic heterocycles. The van der Waals surface area contributed by atoms with E-state index in [1.807, 2.05) is 11.8 Å². The van der Waals surface area contributed by atoms with E-state index in [4.69, 9.17) is 0 Å². The number of allylic oxidation sites excluding steroid dienone is 6. The summed E-state index contributed by atoms with van der Waals surface area (Å²) in [5, 5.41) is 1.66. The Labute approximate surface area is 244 Å². The summed E-state index contributed by atoms with van der Waals surface area (Å²) in [7, 11) is 0.162. The van der Waals surface area contributed by atoms with E-state index in [1.54, 1.807) is 0 Å². The van der Waals surface area contributed by atoms with Crippen LogP contribution in [0.25, 0.3) is 0 Å². The van der Waals surface area contributed by atoms with Gasteiger partial charge in [0.05, 0.1) is 21.8 Å². The number of rotatable bonds is 8. The van der Waals surface area contributed by atoms with E-state index in [1.165, 1.54) is 50.2 Å². The van der Waals surface area contributed by atoms with Crippen molar-refractivity contribution < 1.29 is 0 Å². The molecule has 0 saturated heterocycles. The van der Waals surface area contributed by atoms with E-state index in [0.29, 0.717) is 15.7 Å². The Kier molecular flexibility index (Phi) is 8.99. The molecule has 6 rings (SSSR count). The Balaban J connectivity index is 1.16. The molecule has 3 aromatic carbocycles. The molecule has 0 heterocycles. The molecule has 0 amide bonds. The summed E-state index contributed by atoms with van der Waals surface area (Å²) in [5.74, 6) is 0. The van der Waals surface area contributed by atoms with Crippen LogP contribution in [0.5, 0.6) is 0 Å². The first-order valence-electron chi connectivity index (χ1n) is 14.1. The zero-order chi connectivity index (χ0) is 26.3. The highest BCUT2D eigenvalue weighted by Gasteiger charge is 2.37. The minimum atomic E-state index is 0.0709. The van der Waals surface area contributed by atoms with Gasteiger partial charge in [0.25, 0.3) is 0 Å². The van der Waals surface area contributed by atoms with Crippen molar-refractivity contribution in [2.45, 2.75) is 67.4 Å². The first-order chi connectivity index (χ1) is 19.3. The van der Waals surface area contributed by atoms with Gasteiger partial charge in [-0.2, -0.15) is 0 Å². The van der Waals surface area contributed by atoms with Crippen molar-refractivity contribution in [1.82, 2.24) is 0 Å². The van der Waals surface area contributed by atoms with Gasteiger partial charge < -0.3 is 0 Å². The monoisotopic (exact) mass is 564 g/mol. The van der Waals surface area contributed by atoms with E-state index in [0.717, 1.165) is 6.42 Å². The summed E-state index contributed by atoms with van der Waals surface area (Å²) in [4.78, 5) is 7.26. The maximum Gasteiger partial charge on any atom is 0.161 e. The summed E-state index contributed by atoms with van der Waals surface area (Å²) in [6.07, 6.45) is 27.3. The van der Waals surface area contributed by atoms with Crippen molar-refractivity contribution in [2.24, 2.45) is 0 Å². The molecule has 4 unspecified atom stereocenters. The Bertz CT molecular complexity index is 1330. The van der Waals surface area contributed by atoms with Gasteiger partial charge in [-0.15, -0.1) is 11.8 Å². The Hall–Kier alpha value is -2.59. The fourth-order valence-corrected chi connectivity index (χ4v) is 11.5. The van der Waals surface area contributed by atoms with Crippen molar-refractivity contribution in [3.8, 4) is 0 Å². The van der Waals surface area contributed by atoms with Crippen LogP contribution < -0.4 is 0 Å². The molecule has 0 N–H and O–H groups in total. The molecular weight excluding hydrogens is 529 g/mol. The van der Waals surface area contributed by atoms with Gasteiger partial charge in [-0.25, -0.2) is 0 Å². The molecule has 0 aromatic heterocycles. The number of hydrogen-bond acceptors (Lipinski definition) is 1. The third-order valence-electron chi connectivity index (χ3n) is 7.40. The van der Waals surface area contributed by atoms with Crippen molar-refractivity contribution in [3.05, 3.63) is 145 Å². The average Bonchev–Trinajstić information content (AvgIpc) is 3.01. The van der Waals surface area contributed by atoms with Crippen LogP contribution in [0.15, 0.2) is 164 Å². The summed E-state index contributed by atoms with van der Waals surface area (Å²) < 4.78 is 0. The fourth-order valence-electron chi connectivity index (χ4n) is 5.49. The molecule has 3 aromatic rings. The molecule has 0 nitrogen and oxygen atoms in total. The highest BCUT2D eigenvalue weighted by atomic mass is 32.2. The predicted molar refractivity (Wildman–Crippen MR) is 174 cm³/mol. The van der Waals surface area contributed by atoms with Crippen molar-refractivity contribution in [2.75, 3.05) is 0 Å². The zero-order valence-electron chi connectivity index (χ0n) is 22.3. The Morgan fingerprint density at radius 2 is 1.31 bits per heavy atom. The summed E-state index contributed by atoms with van der Waals surface area (Å²) in [5.41, 5.74) is 0. The van der Waals surface area contributed by atoms with Crippen molar-refractivity contribution >= 4 is 33.6 Å². The molecule has 3 heteroatoms. The highest BCUT2D eigenvalue weighted by molar-refractivity contribution is 8.01. The standard InChI is InChI=1S/C36H36S3/c1-5-13-31(14-6-1)38(32-15-7-2-8-16-32)35-25-21-29(22-26-35)37-30-23-27-36(28-24-30)39(33-17-9-3-10-18-33)34-19-11-4-12-20-34/h1-3,5-11,13-17,19-21,23-25,27-29,33,35H,4,12,18,22,26H2/q+2. The number of hydrogen-bond donors (Lipinski definition) is 0. The number of thioether (sulfide) groups is 1. The van der Waals surface area contributed by atoms with E-state index in [-0.39, 0.29) is 21.8 Å². The minimum absolute atomic E-state index is 0.0709. The predicted octanol–water partition coefficient (Wildman–Crippen LogP) is 9.70. The quantitative estimate of drug-likeness (QED) is 0.194. The molecule has 0 fully saturated rings. The highest BCUT2D eigenvalue weighted by Crippen LogP contribution is 2.38. The molecule has 0 spiro atoms. The fraction of sp³-hybridized carbons (Fsp3) is 0.222. The molecule has 0 radical (unpaired) electrons. The molecule has 4 atom stereocenters. The van der Waals surface area contributed by atoms with E-state index in [9.17, 15) is 0 Å². The lowest BCUT2D eigenvalue weighted by atomic mass is 10.1. The van der Waals surface area contributed by atoms with Gasteiger partial charge in [-0.05, 0) is 92.1 Å². The average molecular weight is 565 g/mol. The maximum absolute atomic E-state index is 2.51. The lowest BCUT2D eigenvalue weighted by Crippen LogP contribution is -2.24. The summed E-state index contributed by atoms with van der Waals surface area (Å²) >= 11 is 2.03. The smallest absolute Gasteiger partial charge is 0.119 e. The maximum atomic E-state index is 2.51. The number of benzene rings is 3. The van der Waals surface area contributed by atoms with Crippen LogP contribution in [0.2, 0.25) is 0 Å². The normalized spacial score (nSPS) is 23.1. The summed E-state index contributed by atoms with van der Waals surface area (Å²) in [6, 6.07) is 31.7. The van der Waals surface area contributed by atoms with Gasteiger partial charge in [0.1, 0.15) is 5.25 Å². The minimum Gasteiger partial charge on any atom is -0.119 e. The second kappa shape index (κ2) is 13.2. The molecule has 0 saturated carbocycles. The molecule has 196 valence electrons. The molecule has 0 bridgehead atoms. The molecular formula is C36H36S3+2. The van der Waals surface area contributed by atoms with Gasteiger partial charge in [-0.3, -0.25) is 0 Å². The first-order valence-corrected chi connectivity index (χ1v) is 17.5. The van der Waals surface area contributed by atoms with Gasteiger partial charge in [-0.1, -0.05) is 66.8 Å². The van der Waals surface area contributed by atoms with E-state index < -0.39 is 0 Å². The van der Waals surface area contributed by atoms with Gasteiger partial charge in [0.15, 0.2) is 24.8 Å². The van der Waals surface area contributed by atoms with Crippen LogP contribution in [0.3, 0.4) is 0 Å². The Morgan fingerprint density at radius 3 is 1.90 bits per heavy atom. The van der Waals surface area contributed by atoms with Crippen LogP contribution in [-0.2, 0) is 21.8 Å². The van der Waals surface area contributed by atoms with Crippen LogP contribution in [0.4, 0.5) is 0 Å². The summed E-state index contributed by atoms with van der Waals surface area (Å²) in [6.45, 7) is 0. The van der Waals surface area contributed by atoms with Gasteiger partial charge in [0, 0.05) is 23.0 Å². The lowest BCUT2D eigenvalue weighted by Gasteiger charge is -2.23. The van der Waals surface area contributed by atoms with Gasteiger partial charge >= 0.3 is 0 Å². The molecule has 3 aliphatic rings. The van der Waals surface area contributed by atoms with Crippen molar-refractivity contribution in [3.63, 3.8) is 0 Å². The van der Waals surface area contributed by atoms with Crippen molar-refractivity contribution in [1.29, 1.82) is 0 Å². The van der Waals surface area contributed by atoms with E-state index >= 15 is 0 Å². The second-order valence-corrected chi connectivity index (χ2v) is 15.9. The SMILES string of the molecule is C1=CCC([S+](C2=CCCC=C2)c2ccc(SC3C=CC([S+](c4ccccc4)c4ccccc4)CC3)cc2)C=C1. The van der Waals surface area contributed by atoms with Crippen LogP contribution in [0.1, 0.15) is 32.1 Å². The van der Waals surface area contributed by atoms with E-state index in [2.05, 4.69) is 140 Å². The first kappa shape index (κ1) is 26.6. The van der Waals surface area contributed by atoms with Crippen LogP contribution in [-0.4, -0.2) is 15.7 Å². The zero-order valence-corrected chi connectivity index (χ0v) is 24.7.